The first-order valence-electron chi connectivity index (χ1n) is 6.38. The summed E-state index contributed by atoms with van der Waals surface area (Å²) in [6, 6.07) is 8.62. The second-order valence-electron chi connectivity index (χ2n) is 5.04. The zero-order valence-electron chi connectivity index (χ0n) is 10.9. The van der Waals surface area contributed by atoms with Crippen molar-refractivity contribution < 1.29 is 0 Å². The maximum atomic E-state index is 3.48. The minimum Gasteiger partial charge on any atom is -0.316 e. The molecule has 1 unspecified atom stereocenters. The maximum Gasteiger partial charge on any atom is 0.0230 e. The Kier molecular flexibility index (Phi) is 7.23. The van der Waals surface area contributed by atoms with Crippen LogP contribution in [0.5, 0.6) is 0 Å². The molecule has 1 aliphatic heterocycles. The van der Waals surface area contributed by atoms with E-state index in [1.807, 2.05) is 0 Å². The highest BCUT2D eigenvalue weighted by molar-refractivity contribution is 9.10. The van der Waals surface area contributed by atoms with Gasteiger partial charge in [0.05, 0.1) is 0 Å². The number of halogens is 2. The molecule has 0 bridgehead atoms. The Hall–Kier alpha value is -0.0900. The Morgan fingerprint density at radius 1 is 1.33 bits per heavy atom. The monoisotopic (exact) mass is 332 g/mol. The molecule has 0 saturated carbocycles. The summed E-state index contributed by atoms with van der Waals surface area (Å²) in [6.07, 6.45) is 2.70. The molecule has 0 aromatic heterocycles. The van der Waals surface area contributed by atoms with Gasteiger partial charge in [0, 0.05) is 17.6 Å². The van der Waals surface area contributed by atoms with Gasteiger partial charge in [-0.3, -0.25) is 0 Å². The van der Waals surface area contributed by atoms with Gasteiger partial charge in [0.15, 0.2) is 0 Å². The number of nitrogens with zero attached hydrogens (tertiary/aromatic N) is 1. The Labute approximate surface area is 125 Å². The zero-order valence-corrected chi connectivity index (χ0v) is 13.3. The van der Waals surface area contributed by atoms with Gasteiger partial charge in [-0.1, -0.05) is 28.1 Å². The van der Waals surface area contributed by atoms with Gasteiger partial charge in [0.25, 0.3) is 0 Å². The molecule has 0 amide bonds. The Balaban J connectivity index is 0.00000162. The summed E-state index contributed by atoms with van der Waals surface area (Å²) in [5.41, 5.74) is 1.39. The fourth-order valence-corrected chi connectivity index (χ4v) is 2.75. The van der Waals surface area contributed by atoms with Crippen LogP contribution >= 0.6 is 28.3 Å². The summed E-state index contributed by atoms with van der Waals surface area (Å²) in [5, 5.41) is 3.48. The minimum atomic E-state index is 0. The predicted octanol–water partition coefficient (Wildman–Crippen LogP) is 3.30. The molecule has 1 saturated heterocycles. The highest BCUT2D eigenvalue weighted by atomic mass is 79.9. The van der Waals surface area contributed by atoms with E-state index in [1.54, 1.807) is 0 Å². The van der Waals surface area contributed by atoms with Crippen molar-refractivity contribution in [2.45, 2.75) is 19.4 Å². The summed E-state index contributed by atoms with van der Waals surface area (Å²) in [4.78, 5) is 2.43. The molecule has 1 N–H and O–H groups in total. The first-order chi connectivity index (χ1) is 8.24. The largest absolute Gasteiger partial charge is 0.316 e. The number of nitrogens with one attached hydrogen (secondary N) is 1. The molecule has 1 fully saturated rings. The lowest BCUT2D eigenvalue weighted by atomic mass is 9.99. The average molecular weight is 334 g/mol. The van der Waals surface area contributed by atoms with E-state index >= 15 is 0 Å². The molecule has 1 atom stereocenters. The van der Waals surface area contributed by atoms with Gasteiger partial charge >= 0.3 is 0 Å². The minimum absolute atomic E-state index is 0. The number of piperidine rings is 1. The highest BCUT2D eigenvalue weighted by Crippen LogP contribution is 2.14. The number of rotatable bonds is 4. The van der Waals surface area contributed by atoms with E-state index in [0.29, 0.717) is 0 Å². The maximum absolute atomic E-state index is 3.48. The number of hydrogen-bond acceptors (Lipinski definition) is 2. The van der Waals surface area contributed by atoms with Gasteiger partial charge in [-0.15, -0.1) is 12.4 Å². The molecular formula is C14H22BrClN2. The van der Waals surface area contributed by atoms with Gasteiger partial charge < -0.3 is 10.2 Å². The summed E-state index contributed by atoms with van der Waals surface area (Å²) in [6.45, 7) is 4.63. The molecule has 0 radical (unpaired) electrons. The topological polar surface area (TPSA) is 15.3 Å². The zero-order chi connectivity index (χ0) is 12.1. The van der Waals surface area contributed by atoms with Gasteiger partial charge in [-0.25, -0.2) is 0 Å². The third kappa shape index (κ3) is 5.27. The van der Waals surface area contributed by atoms with Crippen molar-refractivity contribution in [3.8, 4) is 0 Å². The van der Waals surface area contributed by atoms with Crippen molar-refractivity contribution in [3.63, 3.8) is 0 Å². The Morgan fingerprint density at radius 2 is 2.06 bits per heavy atom. The predicted molar refractivity (Wildman–Crippen MR) is 83.3 cm³/mol. The molecule has 102 valence electrons. The van der Waals surface area contributed by atoms with Gasteiger partial charge in [0.2, 0.25) is 0 Å². The lowest BCUT2D eigenvalue weighted by Gasteiger charge is -2.27. The van der Waals surface area contributed by atoms with E-state index in [2.05, 4.69) is 57.5 Å². The third-order valence-electron chi connectivity index (χ3n) is 3.33. The summed E-state index contributed by atoms with van der Waals surface area (Å²) in [5.74, 6) is 0.823. The van der Waals surface area contributed by atoms with E-state index in [9.17, 15) is 0 Å². The normalized spacial score (nSPS) is 19.6. The lowest BCUT2D eigenvalue weighted by Crippen LogP contribution is -2.36. The Bertz CT molecular complexity index is 336. The van der Waals surface area contributed by atoms with Crippen LogP contribution in [0.25, 0.3) is 0 Å². The molecule has 0 spiro atoms. The van der Waals surface area contributed by atoms with E-state index < -0.39 is 0 Å². The number of hydrogen-bond donors (Lipinski definition) is 1. The highest BCUT2D eigenvalue weighted by Gasteiger charge is 2.14. The summed E-state index contributed by atoms with van der Waals surface area (Å²) < 4.78 is 1.15. The van der Waals surface area contributed by atoms with Crippen LogP contribution in [0.3, 0.4) is 0 Å². The second kappa shape index (κ2) is 8.16. The Morgan fingerprint density at radius 3 is 2.67 bits per heavy atom. The van der Waals surface area contributed by atoms with Crippen molar-refractivity contribution in [1.82, 2.24) is 10.2 Å². The fourth-order valence-electron chi connectivity index (χ4n) is 2.49. The van der Waals surface area contributed by atoms with Crippen LogP contribution in [0.2, 0.25) is 0 Å². The van der Waals surface area contributed by atoms with Crippen molar-refractivity contribution in [3.05, 3.63) is 34.3 Å². The second-order valence-corrected chi connectivity index (χ2v) is 5.95. The lowest BCUT2D eigenvalue weighted by molar-refractivity contribution is 0.237. The molecule has 1 aromatic rings. The van der Waals surface area contributed by atoms with E-state index in [1.165, 1.54) is 38.0 Å². The van der Waals surface area contributed by atoms with Crippen molar-refractivity contribution in [2.75, 3.05) is 26.7 Å². The smallest absolute Gasteiger partial charge is 0.0230 e. The molecular weight excluding hydrogens is 312 g/mol. The van der Waals surface area contributed by atoms with Crippen LogP contribution in [0, 0.1) is 5.92 Å². The average Bonchev–Trinajstić information content (AvgIpc) is 2.33. The standard InChI is InChI=1S/C14H21BrN2.ClH/c1-17(11-13-3-2-8-16-9-13)10-12-4-6-14(15)7-5-12;/h4-7,13,16H,2-3,8-11H2,1H3;1H. The third-order valence-corrected chi connectivity index (χ3v) is 3.86. The first-order valence-corrected chi connectivity index (χ1v) is 7.17. The van der Waals surface area contributed by atoms with Gasteiger partial charge in [-0.05, 0) is 56.6 Å². The van der Waals surface area contributed by atoms with E-state index in [4.69, 9.17) is 0 Å². The van der Waals surface area contributed by atoms with Crippen LogP contribution in [-0.2, 0) is 6.54 Å². The van der Waals surface area contributed by atoms with Crippen molar-refractivity contribution in [2.24, 2.45) is 5.92 Å². The number of benzene rings is 1. The molecule has 1 aromatic carbocycles. The fraction of sp³-hybridized carbons (Fsp3) is 0.571. The van der Waals surface area contributed by atoms with E-state index in [0.717, 1.165) is 16.9 Å². The molecule has 4 heteroatoms. The SMILES string of the molecule is CN(Cc1ccc(Br)cc1)CC1CCCNC1.Cl. The van der Waals surface area contributed by atoms with Crippen LogP contribution < -0.4 is 5.32 Å². The van der Waals surface area contributed by atoms with Crippen molar-refractivity contribution >= 4 is 28.3 Å². The van der Waals surface area contributed by atoms with Gasteiger partial charge in [0.1, 0.15) is 0 Å². The van der Waals surface area contributed by atoms with Crippen molar-refractivity contribution in [1.29, 1.82) is 0 Å². The van der Waals surface area contributed by atoms with E-state index in [-0.39, 0.29) is 12.4 Å². The molecule has 0 aliphatic carbocycles. The molecule has 1 aliphatic rings. The first kappa shape index (κ1) is 16.0. The summed E-state index contributed by atoms with van der Waals surface area (Å²) in [7, 11) is 2.22. The molecule has 2 rings (SSSR count). The van der Waals surface area contributed by atoms with Crippen LogP contribution in [-0.4, -0.2) is 31.6 Å². The quantitative estimate of drug-likeness (QED) is 0.909. The van der Waals surface area contributed by atoms with Crippen LogP contribution in [0.1, 0.15) is 18.4 Å². The molecule has 1 heterocycles. The van der Waals surface area contributed by atoms with Crippen LogP contribution in [0.4, 0.5) is 0 Å². The van der Waals surface area contributed by atoms with Crippen LogP contribution in [0.15, 0.2) is 28.7 Å². The van der Waals surface area contributed by atoms with Gasteiger partial charge in [-0.2, -0.15) is 0 Å². The summed E-state index contributed by atoms with van der Waals surface area (Å²) >= 11 is 3.47. The molecule has 2 nitrogen and oxygen atoms in total. The molecule has 18 heavy (non-hydrogen) atoms.